The quantitative estimate of drug-likeness (QED) is 0.769. The van der Waals surface area contributed by atoms with Crippen molar-refractivity contribution >= 4 is 0 Å². The zero-order valence-electron chi connectivity index (χ0n) is 9.56. The molecular weight excluding hydrogens is 206 g/mol. The van der Waals surface area contributed by atoms with E-state index < -0.39 is 0 Å². The fourth-order valence-corrected chi connectivity index (χ4v) is 2.01. The van der Waals surface area contributed by atoms with Gasteiger partial charge in [0.2, 0.25) is 5.89 Å². The Bertz CT molecular complexity index is 362. The van der Waals surface area contributed by atoms with E-state index in [1.807, 2.05) is 0 Å². The van der Waals surface area contributed by atoms with Crippen LogP contribution in [0, 0.1) is 0 Å². The van der Waals surface area contributed by atoms with Gasteiger partial charge in [0.05, 0.1) is 19.8 Å². The van der Waals surface area contributed by atoms with Gasteiger partial charge in [-0.15, -0.1) is 0 Å². The summed E-state index contributed by atoms with van der Waals surface area (Å²) in [6, 6.07) is 0.435. The summed E-state index contributed by atoms with van der Waals surface area (Å²) in [5, 5.41) is 4.02. The summed E-state index contributed by atoms with van der Waals surface area (Å²) in [6.07, 6.45) is 2.43. The summed E-state index contributed by atoms with van der Waals surface area (Å²) >= 11 is 0. The molecular formula is C11H17N3O2. The third kappa shape index (κ3) is 2.10. The van der Waals surface area contributed by atoms with Crippen molar-refractivity contribution in [1.29, 1.82) is 0 Å². The van der Waals surface area contributed by atoms with Crippen LogP contribution in [0.15, 0.2) is 4.52 Å². The fourth-order valence-electron chi connectivity index (χ4n) is 2.01. The number of hydrogen-bond acceptors (Lipinski definition) is 5. The third-order valence-electron chi connectivity index (χ3n) is 3.27. The van der Waals surface area contributed by atoms with E-state index in [2.05, 4.69) is 22.0 Å². The smallest absolute Gasteiger partial charge is 0.240 e. The van der Waals surface area contributed by atoms with E-state index >= 15 is 0 Å². The highest BCUT2D eigenvalue weighted by atomic mass is 16.5. The van der Waals surface area contributed by atoms with Gasteiger partial charge in [-0.2, -0.15) is 4.98 Å². The molecule has 0 radical (unpaired) electrons. The first kappa shape index (κ1) is 10.2. The zero-order chi connectivity index (χ0) is 11.0. The van der Waals surface area contributed by atoms with E-state index in [4.69, 9.17) is 9.26 Å². The molecule has 1 aliphatic heterocycles. The van der Waals surface area contributed by atoms with Gasteiger partial charge in [0.15, 0.2) is 5.82 Å². The molecule has 5 heteroatoms. The number of rotatable bonds is 3. The molecule has 1 saturated heterocycles. The summed E-state index contributed by atoms with van der Waals surface area (Å²) in [6.45, 7) is 5.46. The first-order valence-electron chi connectivity index (χ1n) is 5.97. The lowest BCUT2D eigenvalue weighted by atomic mass is 10.2. The molecule has 2 fully saturated rings. The highest BCUT2D eigenvalue weighted by molar-refractivity contribution is 5.03. The Hall–Kier alpha value is -0.940. The Kier molecular flexibility index (Phi) is 2.65. The number of ether oxygens (including phenoxy) is 1. The minimum Gasteiger partial charge on any atom is -0.379 e. The number of morpholine rings is 1. The Balaban J connectivity index is 1.63. The van der Waals surface area contributed by atoms with Gasteiger partial charge in [-0.1, -0.05) is 5.16 Å². The van der Waals surface area contributed by atoms with Crippen molar-refractivity contribution in [3.8, 4) is 0 Å². The summed E-state index contributed by atoms with van der Waals surface area (Å²) in [4.78, 5) is 6.77. The molecule has 1 aromatic rings. The molecule has 5 nitrogen and oxygen atoms in total. The minimum absolute atomic E-state index is 0.435. The van der Waals surface area contributed by atoms with Crippen LogP contribution < -0.4 is 0 Å². The Morgan fingerprint density at radius 2 is 2.31 bits per heavy atom. The monoisotopic (exact) mass is 223 g/mol. The molecule has 1 aliphatic carbocycles. The van der Waals surface area contributed by atoms with E-state index in [0.717, 1.165) is 38.0 Å². The number of nitrogens with zero attached hydrogens (tertiary/aromatic N) is 3. The van der Waals surface area contributed by atoms with Gasteiger partial charge in [0, 0.05) is 18.5 Å². The lowest BCUT2D eigenvalue weighted by Gasteiger charge is -2.31. The zero-order valence-corrected chi connectivity index (χ0v) is 9.56. The van der Waals surface area contributed by atoms with Gasteiger partial charge >= 0.3 is 0 Å². The summed E-state index contributed by atoms with van der Waals surface area (Å²) in [7, 11) is 0. The van der Waals surface area contributed by atoms with Crippen molar-refractivity contribution in [1.82, 2.24) is 15.0 Å². The molecule has 0 aromatic carbocycles. The van der Waals surface area contributed by atoms with Crippen LogP contribution in [0.5, 0.6) is 0 Å². The van der Waals surface area contributed by atoms with E-state index in [-0.39, 0.29) is 0 Å². The molecule has 0 amide bonds. The van der Waals surface area contributed by atoms with Gasteiger partial charge in [0.1, 0.15) is 0 Å². The molecule has 16 heavy (non-hydrogen) atoms. The molecule has 1 saturated carbocycles. The Labute approximate surface area is 94.8 Å². The SMILES string of the molecule is CC1COCCN1Cc1nc(C2CC2)no1. The Morgan fingerprint density at radius 3 is 3.06 bits per heavy atom. The molecule has 3 rings (SSSR count). The first-order valence-corrected chi connectivity index (χ1v) is 5.97. The minimum atomic E-state index is 0.435. The second-order valence-electron chi connectivity index (χ2n) is 4.72. The summed E-state index contributed by atoms with van der Waals surface area (Å²) < 4.78 is 10.7. The van der Waals surface area contributed by atoms with Crippen LogP contribution in [-0.4, -0.2) is 40.8 Å². The van der Waals surface area contributed by atoms with Crippen molar-refractivity contribution in [3.63, 3.8) is 0 Å². The van der Waals surface area contributed by atoms with Crippen molar-refractivity contribution in [2.75, 3.05) is 19.8 Å². The molecule has 1 aromatic heterocycles. The van der Waals surface area contributed by atoms with Crippen molar-refractivity contribution in [3.05, 3.63) is 11.7 Å². The van der Waals surface area contributed by atoms with Crippen LogP contribution in [0.1, 0.15) is 37.4 Å². The first-order chi connectivity index (χ1) is 7.83. The van der Waals surface area contributed by atoms with Crippen molar-refractivity contribution < 1.29 is 9.26 Å². The Morgan fingerprint density at radius 1 is 1.44 bits per heavy atom. The second kappa shape index (κ2) is 4.14. The maximum Gasteiger partial charge on any atom is 0.240 e. The van der Waals surface area contributed by atoms with E-state index in [1.165, 1.54) is 12.8 Å². The lowest BCUT2D eigenvalue weighted by Crippen LogP contribution is -2.42. The molecule has 2 aliphatic rings. The standard InChI is InChI=1S/C11H17N3O2/c1-8-7-15-5-4-14(8)6-10-12-11(13-16-10)9-2-3-9/h8-9H,2-7H2,1H3. The van der Waals surface area contributed by atoms with Gasteiger partial charge in [-0.25, -0.2) is 0 Å². The highest BCUT2D eigenvalue weighted by Crippen LogP contribution is 2.38. The molecule has 0 bridgehead atoms. The highest BCUT2D eigenvalue weighted by Gasteiger charge is 2.29. The topological polar surface area (TPSA) is 51.4 Å². The van der Waals surface area contributed by atoms with E-state index in [9.17, 15) is 0 Å². The average Bonchev–Trinajstić information content (AvgIpc) is 3.03. The largest absolute Gasteiger partial charge is 0.379 e. The van der Waals surface area contributed by atoms with Crippen LogP contribution in [-0.2, 0) is 11.3 Å². The normalized spacial score (nSPS) is 27.2. The second-order valence-corrected chi connectivity index (χ2v) is 4.72. The molecule has 2 heterocycles. The van der Waals surface area contributed by atoms with Crippen LogP contribution >= 0.6 is 0 Å². The molecule has 0 spiro atoms. The molecule has 1 unspecified atom stereocenters. The average molecular weight is 223 g/mol. The maximum atomic E-state index is 5.39. The van der Waals surface area contributed by atoms with Crippen LogP contribution in [0.4, 0.5) is 0 Å². The van der Waals surface area contributed by atoms with Crippen LogP contribution in [0.25, 0.3) is 0 Å². The molecule has 0 N–H and O–H groups in total. The fraction of sp³-hybridized carbons (Fsp3) is 0.818. The van der Waals surface area contributed by atoms with Crippen molar-refractivity contribution in [2.24, 2.45) is 0 Å². The van der Waals surface area contributed by atoms with Crippen molar-refractivity contribution in [2.45, 2.75) is 38.3 Å². The predicted molar refractivity (Wildman–Crippen MR) is 57.0 cm³/mol. The summed E-state index contributed by atoms with van der Waals surface area (Å²) in [5.41, 5.74) is 0. The molecule has 1 atom stereocenters. The third-order valence-corrected chi connectivity index (χ3v) is 3.27. The number of aromatic nitrogens is 2. The van der Waals surface area contributed by atoms with E-state index in [1.54, 1.807) is 0 Å². The lowest BCUT2D eigenvalue weighted by molar-refractivity contribution is -0.00852. The van der Waals surface area contributed by atoms with E-state index in [0.29, 0.717) is 12.0 Å². The predicted octanol–water partition coefficient (Wildman–Crippen LogP) is 1.17. The maximum absolute atomic E-state index is 5.39. The number of hydrogen-bond donors (Lipinski definition) is 0. The van der Waals surface area contributed by atoms with Crippen LogP contribution in [0.3, 0.4) is 0 Å². The summed E-state index contributed by atoms with van der Waals surface area (Å²) in [5.74, 6) is 2.21. The van der Waals surface area contributed by atoms with Gasteiger partial charge in [-0.05, 0) is 19.8 Å². The van der Waals surface area contributed by atoms with Gasteiger partial charge in [-0.3, -0.25) is 4.90 Å². The molecule has 88 valence electrons. The van der Waals surface area contributed by atoms with Crippen LogP contribution in [0.2, 0.25) is 0 Å². The van der Waals surface area contributed by atoms with Gasteiger partial charge < -0.3 is 9.26 Å². The van der Waals surface area contributed by atoms with Gasteiger partial charge in [0.25, 0.3) is 0 Å².